The Morgan fingerprint density at radius 3 is 2.42 bits per heavy atom. The maximum atomic E-state index is 13.1. The van der Waals surface area contributed by atoms with E-state index in [0.29, 0.717) is 25.2 Å². The maximum Gasteiger partial charge on any atom is 0.410 e. The molecule has 2 amide bonds. The quantitative estimate of drug-likeness (QED) is 0.619. The third-order valence-corrected chi connectivity index (χ3v) is 5.67. The van der Waals surface area contributed by atoms with E-state index in [4.69, 9.17) is 9.47 Å². The zero-order chi connectivity index (χ0) is 19.1. The first-order valence-corrected chi connectivity index (χ1v) is 9.86. The Bertz CT molecular complexity index is 725. The summed E-state index contributed by atoms with van der Waals surface area (Å²) in [7, 11) is 1.61. The molecule has 0 bridgehead atoms. The summed E-state index contributed by atoms with van der Waals surface area (Å²) in [6, 6.07) is 5.50. The number of carbonyl (C=O) groups excluding carboxylic acids is 2. The van der Waals surface area contributed by atoms with Gasteiger partial charge in [-0.1, -0.05) is 0 Å². The highest BCUT2D eigenvalue weighted by atomic mass is 127. The summed E-state index contributed by atoms with van der Waals surface area (Å²) in [6.45, 7) is 7.16. The molecule has 1 spiro atoms. The molecule has 0 N–H and O–H groups in total. The number of benzene rings is 1. The number of amides is 2. The minimum Gasteiger partial charge on any atom is -0.497 e. The molecule has 6 nitrogen and oxygen atoms in total. The average Bonchev–Trinajstić information content (AvgIpc) is 3.32. The SMILES string of the molecule is COc1ccc(C(=O)N2CCN(C(=O)OC(C)(C)C)CC23CC3)c(I)c1. The molecule has 2 fully saturated rings. The van der Waals surface area contributed by atoms with Crippen LogP contribution in [0.2, 0.25) is 0 Å². The summed E-state index contributed by atoms with van der Waals surface area (Å²) >= 11 is 2.17. The van der Waals surface area contributed by atoms with Gasteiger partial charge in [0.15, 0.2) is 0 Å². The summed E-state index contributed by atoms with van der Waals surface area (Å²) in [5.74, 6) is 0.764. The molecule has 1 saturated heterocycles. The molecule has 1 aromatic carbocycles. The molecule has 0 atom stereocenters. The van der Waals surface area contributed by atoms with Gasteiger partial charge >= 0.3 is 6.09 Å². The van der Waals surface area contributed by atoms with E-state index >= 15 is 0 Å². The highest BCUT2D eigenvalue weighted by Crippen LogP contribution is 2.45. The molecule has 0 aromatic heterocycles. The van der Waals surface area contributed by atoms with Crippen molar-refractivity contribution >= 4 is 34.6 Å². The molecule has 0 radical (unpaired) electrons. The van der Waals surface area contributed by atoms with E-state index in [-0.39, 0.29) is 17.5 Å². The molecule has 1 aliphatic carbocycles. The van der Waals surface area contributed by atoms with Crippen molar-refractivity contribution in [2.75, 3.05) is 26.7 Å². The van der Waals surface area contributed by atoms with Crippen molar-refractivity contribution in [1.29, 1.82) is 0 Å². The van der Waals surface area contributed by atoms with Gasteiger partial charge in [-0.15, -0.1) is 0 Å². The Morgan fingerprint density at radius 2 is 1.88 bits per heavy atom. The Morgan fingerprint density at radius 1 is 1.19 bits per heavy atom. The van der Waals surface area contributed by atoms with Crippen LogP contribution in [-0.4, -0.2) is 59.7 Å². The van der Waals surface area contributed by atoms with Crippen LogP contribution in [-0.2, 0) is 4.74 Å². The molecule has 7 heteroatoms. The second-order valence-corrected chi connectivity index (χ2v) is 9.09. The zero-order valence-corrected chi connectivity index (χ0v) is 17.8. The van der Waals surface area contributed by atoms with Crippen molar-refractivity contribution < 1.29 is 19.1 Å². The van der Waals surface area contributed by atoms with E-state index < -0.39 is 5.60 Å². The van der Waals surface area contributed by atoms with Crippen LogP contribution < -0.4 is 4.74 Å². The number of hydrogen-bond acceptors (Lipinski definition) is 4. The van der Waals surface area contributed by atoms with E-state index in [1.165, 1.54) is 0 Å². The molecule has 1 aliphatic heterocycles. The van der Waals surface area contributed by atoms with Crippen molar-refractivity contribution in [3.8, 4) is 5.75 Å². The summed E-state index contributed by atoms with van der Waals surface area (Å²) in [5.41, 5.74) is -0.0711. The van der Waals surface area contributed by atoms with Crippen molar-refractivity contribution in [1.82, 2.24) is 9.80 Å². The van der Waals surface area contributed by atoms with Gasteiger partial charge in [-0.05, 0) is 74.4 Å². The number of hydrogen-bond donors (Lipinski definition) is 0. The fraction of sp³-hybridized carbons (Fsp3) is 0.579. The first-order chi connectivity index (χ1) is 12.1. The highest BCUT2D eigenvalue weighted by molar-refractivity contribution is 14.1. The van der Waals surface area contributed by atoms with E-state index in [1.807, 2.05) is 43.9 Å². The predicted octanol–water partition coefficient (Wildman–Crippen LogP) is 3.53. The van der Waals surface area contributed by atoms with Gasteiger partial charge in [0.1, 0.15) is 11.4 Å². The molecule has 3 rings (SSSR count). The number of carbonyl (C=O) groups is 2. The predicted molar refractivity (Wildman–Crippen MR) is 107 cm³/mol. The van der Waals surface area contributed by atoms with Gasteiger partial charge in [-0.25, -0.2) is 4.79 Å². The third-order valence-electron chi connectivity index (χ3n) is 4.78. The van der Waals surface area contributed by atoms with E-state index in [0.717, 1.165) is 22.2 Å². The fourth-order valence-corrected chi connectivity index (χ4v) is 4.01. The van der Waals surface area contributed by atoms with Crippen molar-refractivity contribution in [3.63, 3.8) is 0 Å². The number of piperazine rings is 1. The smallest absolute Gasteiger partial charge is 0.410 e. The minimum absolute atomic E-state index is 0.0263. The molecular weight excluding hydrogens is 447 g/mol. The van der Waals surface area contributed by atoms with Crippen LogP contribution in [0.4, 0.5) is 4.79 Å². The monoisotopic (exact) mass is 472 g/mol. The molecule has 1 saturated carbocycles. The molecule has 1 aromatic rings. The molecule has 26 heavy (non-hydrogen) atoms. The highest BCUT2D eigenvalue weighted by Gasteiger charge is 2.54. The summed E-state index contributed by atoms with van der Waals surface area (Å²) in [6.07, 6.45) is 1.55. The number of nitrogens with zero attached hydrogens (tertiary/aromatic N) is 2. The Kier molecular flexibility index (Phi) is 5.11. The number of methoxy groups -OCH3 is 1. The van der Waals surface area contributed by atoms with Crippen LogP contribution >= 0.6 is 22.6 Å². The minimum atomic E-state index is -0.514. The molecule has 1 heterocycles. The second kappa shape index (κ2) is 6.90. The molecule has 2 aliphatic rings. The Balaban J connectivity index is 1.74. The van der Waals surface area contributed by atoms with Gasteiger partial charge in [0.05, 0.1) is 18.2 Å². The number of rotatable bonds is 2. The van der Waals surface area contributed by atoms with Gasteiger partial charge < -0.3 is 19.3 Å². The lowest BCUT2D eigenvalue weighted by Gasteiger charge is -2.42. The van der Waals surface area contributed by atoms with Crippen LogP contribution in [0.1, 0.15) is 44.0 Å². The van der Waals surface area contributed by atoms with Crippen LogP contribution in [0.25, 0.3) is 0 Å². The van der Waals surface area contributed by atoms with E-state index in [1.54, 1.807) is 12.0 Å². The number of ether oxygens (including phenoxy) is 2. The third kappa shape index (κ3) is 3.92. The largest absolute Gasteiger partial charge is 0.497 e. The van der Waals surface area contributed by atoms with Crippen LogP contribution in [0.5, 0.6) is 5.75 Å². The normalized spacial score (nSPS) is 18.7. The lowest BCUT2D eigenvalue weighted by Crippen LogP contribution is -2.58. The van der Waals surface area contributed by atoms with Gasteiger partial charge in [0.2, 0.25) is 0 Å². The van der Waals surface area contributed by atoms with Crippen molar-refractivity contribution in [2.45, 2.75) is 44.8 Å². The fourth-order valence-electron chi connectivity index (χ4n) is 3.29. The second-order valence-electron chi connectivity index (χ2n) is 7.93. The van der Waals surface area contributed by atoms with E-state index in [9.17, 15) is 9.59 Å². The summed E-state index contributed by atoms with van der Waals surface area (Å²) < 4.78 is 11.6. The lowest BCUT2D eigenvalue weighted by atomic mass is 10.1. The Hall–Kier alpha value is -1.51. The first kappa shape index (κ1) is 19.3. The zero-order valence-electron chi connectivity index (χ0n) is 15.7. The van der Waals surface area contributed by atoms with Crippen LogP contribution in [0.15, 0.2) is 18.2 Å². The first-order valence-electron chi connectivity index (χ1n) is 8.79. The topological polar surface area (TPSA) is 59.1 Å². The van der Waals surface area contributed by atoms with Crippen molar-refractivity contribution in [3.05, 3.63) is 27.3 Å². The molecular formula is C19H25IN2O4. The van der Waals surface area contributed by atoms with Gasteiger partial charge in [-0.3, -0.25) is 4.79 Å². The Labute approximate surface area is 167 Å². The van der Waals surface area contributed by atoms with Crippen LogP contribution in [0.3, 0.4) is 0 Å². The van der Waals surface area contributed by atoms with Crippen molar-refractivity contribution in [2.24, 2.45) is 0 Å². The van der Waals surface area contributed by atoms with Gasteiger partial charge in [0, 0.05) is 23.2 Å². The van der Waals surface area contributed by atoms with Crippen LogP contribution in [0, 0.1) is 3.57 Å². The maximum absolute atomic E-state index is 13.1. The molecule has 0 unspecified atom stereocenters. The lowest BCUT2D eigenvalue weighted by molar-refractivity contribution is 0.000608. The summed E-state index contributed by atoms with van der Waals surface area (Å²) in [4.78, 5) is 29.2. The average molecular weight is 472 g/mol. The number of halogens is 1. The molecule has 142 valence electrons. The standard InChI is InChI=1S/C19H25IN2O4/c1-18(2,3)26-17(24)21-9-10-22(19(12-21)7-8-19)16(23)14-6-5-13(25-4)11-15(14)20/h5-6,11H,7-10,12H2,1-4H3. The summed E-state index contributed by atoms with van der Waals surface area (Å²) in [5, 5.41) is 0. The van der Waals surface area contributed by atoms with Gasteiger partial charge in [-0.2, -0.15) is 0 Å². The van der Waals surface area contributed by atoms with E-state index in [2.05, 4.69) is 22.6 Å². The van der Waals surface area contributed by atoms with Gasteiger partial charge in [0.25, 0.3) is 5.91 Å².